The minimum Gasteiger partial charge on any atom is -0.472 e. The van der Waals surface area contributed by atoms with Gasteiger partial charge in [-0.1, -0.05) is 0 Å². The molecule has 0 aromatic rings. The van der Waals surface area contributed by atoms with E-state index in [1.54, 1.807) is 0 Å². The van der Waals surface area contributed by atoms with Crippen LogP contribution in [0.5, 0.6) is 0 Å². The summed E-state index contributed by atoms with van der Waals surface area (Å²) in [4.78, 5) is 11.5. The molecule has 0 aromatic heterocycles. The molecule has 9 heteroatoms. The van der Waals surface area contributed by atoms with Crippen LogP contribution in [0.15, 0.2) is 12.3 Å². The molecule has 26 heavy (non-hydrogen) atoms. The van der Waals surface area contributed by atoms with Gasteiger partial charge in [-0.3, -0.25) is 4.79 Å². The Morgan fingerprint density at radius 2 is 1.96 bits per heavy atom. The van der Waals surface area contributed by atoms with Crippen molar-refractivity contribution in [2.24, 2.45) is 11.8 Å². The summed E-state index contributed by atoms with van der Waals surface area (Å²) in [5, 5.41) is 39.2. The first kappa shape index (κ1) is 19.5. The van der Waals surface area contributed by atoms with Crippen molar-refractivity contribution in [1.29, 1.82) is 0 Å². The first-order valence-corrected chi connectivity index (χ1v) is 8.74. The fourth-order valence-electron chi connectivity index (χ4n) is 4.14. The monoisotopic (exact) mass is 374 g/mol. The molecule has 9 atom stereocenters. The number of carbonyl (C=O) groups is 1. The van der Waals surface area contributed by atoms with E-state index >= 15 is 0 Å². The van der Waals surface area contributed by atoms with Crippen molar-refractivity contribution >= 4 is 5.97 Å². The van der Waals surface area contributed by atoms with E-state index in [0.29, 0.717) is 6.42 Å². The van der Waals surface area contributed by atoms with Crippen LogP contribution in [-0.4, -0.2) is 75.6 Å². The van der Waals surface area contributed by atoms with Crippen molar-refractivity contribution in [3.63, 3.8) is 0 Å². The summed E-state index contributed by atoms with van der Waals surface area (Å²) in [6.07, 6.45) is -3.02. The summed E-state index contributed by atoms with van der Waals surface area (Å²) < 4.78 is 22.2. The van der Waals surface area contributed by atoms with Crippen LogP contribution < -0.4 is 0 Å². The number of aliphatic hydroxyl groups is 4. The number of hydrogen-bond donors (Lipinski definition) is 4. The third-order valence-corrected chi connectivity index (χ3v) is 5.47. The van der Waals surface area contributed by atoms with Gasteiger partial charge >= 0.3 is 5.97 Å². The van der Waals surface area contributed by atoms with E-state index in [1.165, 1.54) is 13.2 Å². The molecule has 148 valence electrons. The van der Waals surface area contributed by atoms with Crippen molar-refractivity contribution in [2.45, 2.75) is 69.3 Å². The van der Waals surface area contributed by atoms with Crippen LogP contribution in [0.25, 0.3) is 0 Å². The van der Waals surface area contributed by atoms with E-state index in [2.05, 4.69) is 0 Å². The molecular weight excluding hydrogens is 348 g/mol. The van der Waals surface area contributed by atoms with Crippen LogP contribution in [0, 0.1) is 11.8 Å². The third kappa shape index (κ3) is 3.47. The maximum atomic E-state index is 11.5. The molecule has 4 N–H and O–H groups in total. The van der Waals surface area contributed by atoms with Gasteiger partial charge in [-0.15, -0.1) is 0 Å². The highest BCUT2D eigenvalue weighted by molar-refractivity contribution is 5.66. The van der Waals surface area contributed by atoms with Crippen molar-refractivity contribution < 1.29 is 44.2 Å². The Labute approximate surface area is 151 Å². The topological polar surface area (TPSA) is 135 Å². The summed E-state index contributed by atoms with van der Waals surface area (Å²) in [6.45, 7) is 2.60. The average Bonchev–Trinajstić information content (AvgIpc) is 2.92. The Morgan fingerprint density at radius 3 is 2.62 bits per heavy atom. The SMILES string of the molecule is CC(=O)O[C@@]1(C)CC[C@@H]2C=CO[C@@H](O[C@@H]3O[C@H](CO)[C@@H](O)[C@H](O)[C@H]3O)[C@@H]21. The van der Waals surface area contributed by atoms with Crippen molar-refractivity contribution in [1.82, 2.24) is 0 Å². The van der Waals surface area contributed by atoms with E-state index < -0.39 is 55.2 Å². The molecule has 0 aromatic carbocycles. The second-order valence-corrected chi connectivity index (χ2v) is 7.30. The van der Waals surface area contributed by atoms with Gasteiger partial charge in [-0.2, -0.15) is 0 Å². The standard InChI is InChI=1S/C17H26O9/c1-8(19)26-17(2)5-3-9-4-6-23-15(11(9)17)25-16-14(22)13(21)12(20)10(7-18)24-16/h4,6,9-16,18,20-22H,3,5,7H2,1-2H3/t9-,10-,11-,12-,13+,14-,15+,16+,17+/m1/s1. The highest BCUT2D eigenvalue weighted by atomic mass is 16.8. The Hall–Kier alpha value is -1.23. The Balaban J connectivity index is 1.77. The quantitative estimate of drug-likeness (QED) is 0.458. The molecule has 0 bridgehead atoms. The summed E-state index contributed by atoms with van der Waals surface area (Å²) in [5.74, 6) is -0.680. The molecule has 2 aliphatic heterocycles. The largest absolute Gasteiger partial charge is 0.472 e. The lowest BCUT2D eigenvalue weighted by molar-refractivity contribution is -0.346. The summed E-state index contributed by atoms with van der Waals surface area (Å²) in [7, 11) is 0. The van der Waals surface area contributed by atoms with E-state index in [4.69, 9.17) is 18.9 Å². The van der Waals surface area contributed by atoms with Gasteiger partial charge in [0.25, 0.3) is 0 Å². The molecular formula is C17H26O9. The van der Waals surface area contributed by atoms with Gasteiger partial charge in [0.15, 0.2) is 6.29 Å². The van der Waals surface area contributed by atoms with E-state index in [1.807, 2.05) is 13.0 Å². The van der Waals surface area contributed by atoms with Crippen LogP contribution in [0.3, 0.4) is 0 Å². The summed E-state index contributed by atoms with van der Waals surface area (Å²) >= 11 is 0. The number of allylic oxidation sites excluding steroid dienone is 1. The fourth-order valence-corrected chi connectivity index (χ4v) is 4.14. The second kappa shape index (κ2) is 7.41. The average molecular weight is 374 g/mol. The number of ether oxygens (including phenoxy) is 4. The minimum atomic E-state index is -1.54. The molecule has 3 rings (SSSR count). The molecule has 2 heterocycles. The van der Waals surface area contributed by atoms with Crippen LogP contribution in [-0.2, 0) is 23.7 Å². The van der Waals surface area contributed by atoms with Gasteiger partial charge in [0.05, 0.1) is 18.8 Å². The number of carbonyl (C=O) groups excluding carboxylic acids is 1. The van der Waals surface area contributed by atoms with Gasteiger partial charge in [0.2, 0.25) is 6.29 Å². The van der Waals surface area contributed by atoms with Crippen LogP contribution in [0.2, 0.25) is 0 Å². The first-order valence-electron chi connectivity index (χ1n) is 8.74. The molecule has 1 aliphatic carbocycles. The van der Waals surface area contributed by atoms with Crippen LogP contribution in [0.1, 0.15) is 26.7 Å². The number of hydrogen-bond acceptors (Lipinski definition) is 9. The molecule has 0 unspecified atom stereocenters. The van der Waals surface area contributed by atoms with Gasteiger partial charge < -0.3 is 39.4 Å². The maximum Gasteiger partial charge on any atom is 0.303 e. The number of fused-ring (bicyclic) bond motifs is 1. The molecule has 3 aliphatic rings. The van der Waals surface area contributed by atoms with E-state index in [-0.39, 0.29) is 11.8 Å². The number of rotatable bonds is 4. The van der Waals surface area contributed by atoms with Crippen molar-refractivity contribution in [3.05, 3.63) is 12.3 Å². The normalized spacial score (nSPS) is 47.9. The second-order valence-electron chi connectivity index (χ2n) is 7.30. The summed E-state index contributed by atoms with van der Waals surface area (Å²) in [6, 6.07) is 0. The zero-order valence-electron chi connectivity index (χ0n) is 14.7. The molecule has 0 radical (unpaired) electrons. The molecule has 1 saturated carbocycles. The van der Waals surface area contributed by atoms with Crippen LogP contribution in [0.4, 0.5) is 0 Å². The smallest absolute Gasteiger partial charge is 0.303 e. The molecule has 9 nitrogen and oxygen atoms in total. The third-order valence-electron chi connectivity index (χ3n) is 5.47. The van der Waals surface area contributed by atoms with Gasteiger partial charge in [0.1, 0.15) is 30.0 Å². The summed E-state index contributed by atoms with van der Waals surface area (Å²) in [5.41, 5.74) is -0.806. The highest BCUT2D eigenvalue weighted by Gasteiger charge is 2.55. The molecule has 1 saturated heterocycles. The van der Waals surface area contributed by atoms with E-state index in [0.717, 1.165) is 6.42 Å². The maximum absolute atomic E-state index is 11.5. The Morgan fingerprint density at radius 1 is 1.23 bits per heavy atom. The van der Waals surface area contributed by atoms with E-state index in [9.17, 15) is 25.2 Å². The highest BCUT2D eigenvalue weighted by Crippen LogP contribution is 2.48. The zero-order chi connectivity index (χ0) is 19.1. The number of esters is 1. The molecule has 0 amide bonds. The fraction of sp³-hybridized carbons (Fsp3) is 0.824. The zero-order valence-corrected chi connectivity index (χ0v) is 14.7. The Bertz CT molecular complexity index is 550. The minimum absolute atomic E-state index is 0.0583. The van der Waals surface area contributed by atoms with Gasteiger partial charge in [-0.25, -0.2) is 0 Å². The molecule has 0 spiro atoms. The van der Waals surface area contributed by atoms with Gasteiger partial charge in [0, 0.05) is 6.92 Å². The lowest BCUT2D eigenvalue weighted by Gasteiger charge is -2.44. The predicted molar refractivity (Wildman–Crippen MR) is 85.3 cm³/mol. The lowest BCUT2D eigenvalue weighted by Crippen LogP contribution is -2.60. The first-order chi connectivity index (χ1) is 12.3. The van der Waals surface area contributed by atoms with Crippen molar-refractivity contribution in [3.8, 4) is 0 Å². The van der Waals surface area contributed by atoms with Gasteiger partial charge in [-0.05, 0) is 31.8 Å². The number of aliphatic hydroxyl groups excluding tert-OH is 4. The van der Waals surface area contributed by atoms with Crippen LogP contribution >= 0.6 is 0 Å². The predicted octanol–water partition coefficient (Wildman–Crippen LogP) is -0.979. The Kier molecular flexibility index (Phi) is 5.57. The molecule has 2 fully saturated rings. The lowest BCUT2D eigenvalue weighted by atomic mass is 9.85. The van der Waals surface area contributed by atoms with Crippen molar-refractivity contribution in [2.75, 3.05) is 6.61 Å².